The Balaban J connectivity index is 1.36. The van der Waals surface area contributed by atoms with Crippen LogP contribution in [0.1, 0.15) is 39.2 Å². The molecule has 0 N–H and O–H groups in total. The van der Waals surface area contributed by atoms with Crippen molar-refractivity contribution < 1.29 is 4.79 Å². The third-order valence-corrected chi connectivity index (χ3v) is 7.28. The molecule has 0 aliphatic carbocycles. The minimum atomic E-state index is -0.600. The van der Waals surface area contributed by atoms with Crippen molar-refractivity contribution in [2.75, 3.05) is 0 Å². The van der Waals surface area contributed by atoms with E-state index in [1.807, 2.05) is 60.9 Å². The number of carbonyl (C=O) groups excluding carboxylic acids is 1. The lowest BCUT2D eigenvalue weighted by molar-refractivity contribution is 0.0982. The van der Waals surface area contributed by atoms with Crippen LogP contribution in [0.5, 0.6) is 0 Å². The van der Waals surface area contributed by atoms with Crippen LogP contribution in [0.4, 0.5) is 0 Å². The van der Waals surface area contributed by atoms with Gasteiger partial charge in [-0.2, -0.15) is 0 Å². The van der Waals surface area contributed by atoms with Crippen LogP contribution in [0.25, 0.3) is 10.8 Å². The largest absolute Gasteiger partial charge is 0.319 e. The molecule has 38 heavy (non-hydrogen) atoms. The van der Waals surface area contributed by atoms with Crippen molar-refractivity contribution >= 4 is 16.6 Å². The van der Waals surface area contributed by atoms with Gasteiger partial charge in [0.1, 0.15) is 5.54 Å². The van der Waals surface area contributed by atoms with Gasteiger partial charge in [-0.15, -0.1) is 0 Å². The molecule has 0 aliphatic heterocycles. The van der Waals surface area contributed by atoms with Crippen LogP contribution in [0.3, 0.4) is 0 Å². The number of Topliss-reactive ketones (excluding diaryl/α,β-unsaturated/α-hetero) is 1. The monoisotopic (exact) mass is 492 g/mol. The van der Waals surface area contributed by atoms with Gasteiger partial charge in [0.05, 0.1) is 12.0 Å². The summed E-state index contributed by atoms with van der Waals surface area (Å²) in [5.74, 6) is 0.130. The molecule has 0 radical (unpaired) electrons. The van der Waals surface area contributed by atoms with Crippen molar-refractivity contribution in [3.05, 3.63) is 174 Å². The van der Waals surface area contributed by atoms with Crippen molar-refractivity contribution in [2.45, 2.75) is 18.4 Å². The fourth-order valence-corrected chi connectivity index (χ4v) is 5.41. The number of rotatable bonds is 8. The first kappa shape index (κ1) is 23.6. The smallest absolute Gasteiger partial charge is 0.163 e. The van der Waals surface area contributed by atoms with Crippen molar-refractivity contribution in [1.82, 2.24) is 9.55 Å². The molecule has 0 atom stereocenters. The number of aromatic nitrogens is 2. The maximum absolute atomic E-state index is 13.1. The van der Waals surface area contributed by atoms with Gasteiger partial charge >= 0.3 is 0 Å². The van der Waals surface area contributed by atoms with Crippen molar-refractivity contribution in [3.8, 4) is 0 Å². The van der Waals surface area contributed by atoms with Gasteiger partial charge in [-0.3, -0.25) is 4.79 Å². The van der Waals surface area contributed by atoms with E-state index in [2.05, 4.69) is 89.6 Å². The average Bonchev–Trinajstić information content (AvgIpc) is 3.47. The summed E-state index contributed by atoms with van der Waals surface area (Å²) in [6.07, 6.45) is 4.99. The Hall–Kier alpha value is -4.76. The quantitative estimate of drug-likeness (QED) is 0.161. The van der Waals surface area contributed by atoms with E-state index < -0.39 is 5.54 Å². The molecule has 0 unspecified atom stereocenters. The first-order valence-electron chi connectivity index (χ1n) is 13.0. The molecule has 0 bridgehead atoms. The fourth-order valence-electron chi connectivity index (χ4n) is 5.41. The number of imidazole rings is 1. The van der Waals surface area contributed by atoms with Gasteiger partial charge < -0.3 is 4.57 Å². The predicted molar refractivity (Wildman–Crippen MR) is 153 cm³/mol. The first-order chi connectivity index (χ1) is 18.7. The highest BCUT2D eigenvalue weighted by Gasteiger charge is 2.38. The molecule has 0 saturated carbocycles. The molecular weight excluding hydrogens is 464 g/mol. The van der Waals surface area contributed by atoms with Gasteiger partial charge in [-0.25, -0.2) is 4.98 Å². The number of ketones is 1. The summed E-state index contributed by atoms with van der Waals surface area (Å²) in [7, 11) is 0. The molecule has 0 aliphatic rings. The summed E-state index contributed by atoms with van der Waals surface area (Å²) < 4.78 is 2.20. The van der Waals surface area contributed by atoms with Gasteiger partial charge in [0, 0.05) is 18.2 Å². The molecule has 6 rings (SSSR count). The van der Waals surface area contributed by atoms with Gasteiger partial charge in [0.15, 0.2) is 5.78 Å². The van der Waals surface area contributed by atoms with E-state index in [0.717, 1.165) is 38.7 Å². The third-order valence-electron chi connectivity index (χ3n) is 7.28. The minimum Gasteiger partial charge on any atom is -0.319 e. The maximum Gasteiger partial charge on any atom is 0.163 e. The summed E-state index contributed by atoms with van der Waals surface area (Å²) in [6, 6.07) is 45.7. The fraction of sp³-hybridized carbons (Fsp3) is 0.0857. The Morgan fingerprint density at radius 1 is 0.632 bits per heavy atom. The number of benzene rings is 5. The lowest BCUT2D eigenvalue weighted by Gasteiger charge is -2.37. The van der Waals surface area contributed by atoms with E-state index in [4.69, 9.17) is 4.98 Å². The zero-order valence-corrected chi connectivity index (χ0v) is 21.1. The Morgan fingerprint density at radius 3 is 1.74 bits per heavy atom. The topological polar surface area (TPSA) is 34.9 Å². The van der Waals surface area contributed by atoms with Crippen LogP contribution in [0.2, 0.25) is 0 Å². The number of fused-ring (bicyclic) bond motifs is 1. The van der Waals surface area contributed by atoms with Gasteiger partial charge in [0.25, 0.3) is 0 Å². The Kier molecular flexibility index (Phi) is 6.41. The average molecular weight is 493 g/mol. The van der Waals surface area contributed by atoms with Gasteiger partial charge in [-0.05, 0) is 39.9 Å². The summed E-state index contributed by atoms with van der Waals surface area (Å²) in [5, 5.41) is 2.22. The molecule has 0 fully saturated rings. The summed E-state index contributed by atoms with van der Waals surface area (Å²) in [5.41, 5.74) is 4.48. The second-order valence-corrected chi connectivity index (χ2v) is 9.57. The van der Waals surface area contributed by atoms with E-state index in [1.54, 1.807) is 0 Å². The molecule has 184 valence electrons. The highest BCUT2D eigenvalue weighted by atomic mass is 16.1. The van der Waals surface area contributed by atoms with E-state index in [-0.39, 0.29) is 5.78 Å². The standard InChI is InChI=1S/C35H28N2O/c38-34(29-21-20-27-12-10-11-13-28(27)24-29)23-22-33-25-37(26-36-33)35(30-14-4-1-5-15-30,31-16-6-2-7-17-31)32-18-8-3-9-19-32/h1-21,24-26H,22-23H2. The Morgan fingerprint density at radius 2 is 1.16 bits per heavy atom. The molecule has 6 aromatic rings. The second-order valence-electron chi connectivity index (χ2n) is 9.57. The molecule has 0 saturated heterocycles. The van der Waals surface area contributed by atoms with Gasteiger partial charge in [0.2, 0.25) is 0 Å². The Bertz CT molecular complexity index is 1570. The summed E-state index contributed by atoms with van der Waals surface area (Å²) in [6.45, 7) is 0. The number of carbonyl (C=O) groups is 1. The van der Waals surface area contributed by atoms with E-state index in [0.29, 0.717) is 12.8 Å². The molecule has 3 nitrogen and oxygen atoms in total. The van der Waals surface area contributed by atoms with Crippen LogP contribution in [-0.2, 0) is 12.0 Å². The number of nitrogens with zero attached hydrogens (tertiary/aromatic N) is 2. The summed E-state index contributed by atoms with van der Waals surface area (Å²) in [4.78, 5) is 17.9. The van der Waals surface area contributed by atoms with Crippen molar-refractivity contribution in [3.63, 3.8) is 0 Å². The minimum absolute atomic E-state index is 0.130. The number of aryl methyl sites for hydroxylation is 1. The lowest BCUT2D eigenvalue weighted by atomic mass is 9.77. The lowest BCUT2D eigenvalue weighted by Crippen LogP contribution is -2.36. The van der Waals surface area contributed by atoms with Crippen LogP contribution < -0.4 is 0 Å². The number of hydrogen-bond acceptors (Lipinski definition) is 2. The zero-order chi connectivity index (χ0) is 25.8. The van der Waals surface area contributed by atoms with Crippen LogP contribution >= 0.6 is 0 Å². The highest BCUT2D eigenvalue weighted by Crippen LogP contribution is 2.40. The second kappa shape index (κ2) is 10.3. The van der Waals surface area contributed by atoms with Crippen LogP contribution in [0, 0.1) is 0 Å². The van der Waals surface area contributed by atoms with Crippen molar-refractivity contribution in [1.29, 1.82) is 0 Å². The van der Waals surface area contributed by atoms with E-state index in [9.17, 15) is 4.79 Å². The van der Waals surface area contributed by atoms with Crippen LogP contribution in [-0.4, -0.2) is 15.3 Å². The third kappa shape index (κ3) is 4.33. The molecule has 1 heterocycles. The van der Waals surface area contributed by atoms with E-state index >= 15 is 0 Å². The normalized spacial score (nSPS) is 11.5. The first-order valence-corrected chi connectivity index (χ1v) is 13.0. The van der Waals surface area contributed by atoms with Gasteiger partial charge in [-0.1, -0.05) is 127 Å². The Labute approximate surface area is 223 Å². The number of hydrogen-bond donors (Lipinski definition) is 0. The molecule has 3 heteroatoms. The molecule has 0 amide bonds. The van der Waals surface area contributed by atoms with Crippen LogP contribution in [0.15, 0.2) is 146 Å². The zero-order valence-electron chi connectivity index (χ0n) is 21.1. The molecule has 0 spiro atoms. The predicted octanol–water partition coefficient (Wildman–Crippen LogP) is 7.69. The molecule has 5 aromatic carbocycles. The highest BCUT2D eigenvalue weighted by molar-refractivity contribution is 6.00. The molecule has 1 aromatic heterocycles. The summed E-state index contributed by atoms with van der Waals surface area (Å²) >= 11 is 0. The van der Waals surface area contributed by atoms with E-state index in [1.165, 1.54) is 0 Å². The van der Waals surface area contributed by atoms with Crippen molar-refractivity contribution in [2.24, 2.45) is 0 Å². The maximum atomic E-state index is 13.1. The SMILES string of the molecule is O=C(CCc1cn(C(c2ccccc2)(c2ccccc2)c2ccccc2)cn1)c1ccc2ccccc2c1. The molecular formula is C35H28N2O.